The fourth-order valence-corrected chi connectivity index (χ4v) is 3.93. The number of benzene rings is 2. The van der Waals surface area contributed by atoms with E-state index < -0.39 is 0 Å². The third-order valence-electron chi connectivity index (χ3n) is 5.44. The van der Waals surface area contributed by atoms with Gasteiger partial charge in [0.2, 0.25) is 5.95 Å². The molecule has 0 amide bonds. The molecular weight excluding hydrogens is 390 g/mol. The zero-order valence-electron chi connectivity index (χ0n) is 17.7. The summed E-state index contributed by atoms with van der Waals surface area (Å²) in [6.07, 6.45) is 1.60. The highest BCUT2D eigenvalue weighted by Crippen LogP contribution is 2.21. The summed E-state index contributed by atoms with van der Waals surface area (Å²) >= 11 is 0. The maximum Gasteiger partial charge on any atom is 0.226 e. The molecule has 0 unspecified atom stereocenters. The van der Waals surface area contributed by atoms with Crippen molar-refractivity contribution in [3.63, 3.8) is 0 Å². The van der Waals surface area contributed by atoms with Gasteiger partial charge in [0.25, 0.3) is 0 Å². The second kappa shape index (κ2) is 8.31. The van der Waals surface area contributed by atoms with Crippen LogP contribution in [0.3, 0.4) is 0 Å². The van der Waals surface area contributed by atoms with E-state index in [1.807, 2.05) is 53.9 Å². The van der Waals surface area contributed by atoms with E-state index >= 15 is 0 Å². The lowest BCUT2D eigenvalue weighted by atomic mass is 10.2. The first-order chi connectivity index (χ1) is 15.2. The van der Waals surface area contributed by atoms with Crippen LogP contribution in [-0.2, 0) is 17.7 Å². The van der Waals surface area contributed by atoms with Crippen molar-refractivity contribution in [1.82, 2.24) is 29.1 Å². The summed E-state index contributed by atoms with van der Waals surface area (Å²) in [4.78, 5) is 14.3. The molecule has 1 N–H and O–H groups in total. The van der Waals surface area contributed by atoms with E-state index in [-0.39, 0.29) is 0 Å². The van der Waals surface area contributed by atoms with Crippen molar-refractivity contribution in [1.29, 1.82) is 0 Å². The number of nitrogens with zero attached hydrogens (tertiary/aromatic N) is 6. The fraction of sp³-hybridized carbons (Fsp3) is 0.304. The van der Waals surface area contributed by atoms with E-state index in [1.165, 1.54) is 0 Å². The monoisotopic (exact) mass is 415 g/mol. The molecule has 0 aliphatic carbocycles. The highest BCUT2D eigenvalue weighted by molar-refractivity contribution is 5.92. The predicted molar refractivity (Wildman–Crippen MR) is 121 cm³/mol. The lowest BCUT2D eigenvalue weighted by Crippen LogP contribution is -2.11. The molecular formula is C23H25N7O. The summed E-state index contributed by atoms with van der Waals surface area (Å²) in [5.41, 5.74) is 3.87. The molecule has 0 saturated heterocycles. The maximum absolute atomic E-state index is 5.15. The molecule has 31 heavy (non-hydrogen) atoms. The van der Waals surface area contributed by atoms with Gasteiger partial charge in [-0.3, -0.25) is 0 Å². The van der Waals surface area contributed by atoms with Crippen molar-refractivity contribution in [2.24, 2.45) is 0 Å². The Balaban J connectivity index is 1.48. The first-order valence-corrected chi connectivity index (χ1v) is 10.5. The number of imidazole rings is 1. The number of rotatable bonds is 8. The van der Waals surface area contributed by atoms with Crippen LogP contribution in [-0.4, -0.2) is 49.4 Å². The van der Waals surface area contributed by atoms with Crippen molar-refractivity contribution in [2.45, 2.75) is 26.3 Å². The molecule has 3 heterocycles. The van der Waals surface area contributed by atoms with E-state index in [1.54, 1.807) is 7.11 Å². The van der Waals surface area contributed by atoms with Gasteiger partial charge in [0.15, 0.2) is 11.5 Å². The van der Waals surface area contributed by atoms with Crippen molar-refractivity contribution < 1.29 is 4.74 Å². The van der Waals surface area contributed by atoms with Gasteiger partial charge in [0.05, 0.1) is 16.6 Å². The number of aromatic nitrogens is 6. The first-order valence-electron chi connectivity index (χ1n) is 10.5. The lowest BCUT2D eigenvalue weighted by Gasteiger charge is -2.08. The van der Waals surface area contributed by atoms with Crippen LogP contribution in [0.5, 0.6) is 0 Å². The second-order valence-corrected chi connectivity index (χ2v) is 7.54. The Labute approximate surface area is 179 Å². The molecule has 0 saturated carbocycles. The van der Waals surface area contributed by atoms with E-state index in [4.69, 9.17) is 19.8 Å². The zero-order valence-corrected chi connectivity index (χ0v) is 17.7. The highest BCUT2D eigenvalue weighted by atomic mass is 16.5. The largest absolute Gasteiger partial charge is 0.385 e. The summed E-state index contributed by atoms with van der Waals surface area (Å²) in [6, 6.07) is 16.2. The van der Waals surface area contributed by atoms with Crippen LogP contribution in [0.15, 0.2) is 48.5 Å². The summed E-state index contributed by atoms with van der Waals surface area (Å²) in [7, 11) is 1.71. The normalized spacial score (nSPS) is 11.7. The summed E-state index contributed by atoms with van der Waals surface area (Å²) in [6.45, 7) is 4.26. The van der Waals surface area contributed by atoms with Crippen molar-refractivity contribution >= 4 is 33.5 Å². The van der Waals surface area contributed by atoms with Crippen LogP contribution >= 0.6 is 0 Å². The van der Waals surface area contributed by atoms with Crippen LogP contribution in [0.2, 0.25) is 0 Å². The highest BCUT2D eigenvalue weighted by Gasteiger charge is 2.14. The average molecular weight is 416 g/mol. The van der Waals surface area contributed by atoms with Gasteiger partial charge < -0.3 is 14.6 Å². The van der Waals surface area contributed by atoms with E-state index in [2.05, 4.69) is 20.9 Å². The third kappa shape index (κ3) is 3.70. The molecule has 8 nitrogen and oxygen atoms in total. The molecule has 0 fully saturated rings. The summed E-state index contributed by atoms with van der Waals surface area (Å²) < 4.78 is 9.19. The fourth-order valence-electron chi connectivity index (χ4n) is 3.93. The van der Waals surface area contributed by atoms with Crippen molar-refractivity contribution in [3.05, 3.63) is 60.2 Å². The van der Waals surface area contributed by atoms with Crippen LogP contribution < -0.4 is 5.32 Å². The Morgan fingerprint density at radius 1 is 0.968 bits per heavy atom. The second-order valence-electron chi connectivity index (χ2n) is 7.54. The van der Waals surface area contributed by atoms with E-state index in [0.717, 1.165) is 58.7 Å². The Bertz CT molecular complexity index is 1350. The zero-order chi connectivity index (χ0) is 21.2. The van der Waals surface area contributed by atoms with Gasteiger partial charge >= 0.3 is 0 Å². The van der Waals surface area contributed by atoms with Crippen molar-refractivity contribution in [2.75, 3.05) is 25.6 Å². The van der Waals surface area contributed by atoms with Gasteiger partial charge in [-0.2, -0.15) is 4.52 Å². The van der Waals surface area contributed by atoms with Gasteiger partial charge in [-0.25, -0.2) is 15.0 Å². The van der Waals surface area contributed by atoms with Gasteiger partial charge in [0, 0.05) is 38.6 Å². The number of hydrogen-bond donors (Lipinski definition) is 1. The predicted octanol–water partition coefficient (Wildman–Crippen LogP) is 3.63. The SMILES string of the molecule is COCCCNc1nc2ccccc2c2nc(CCn3c(C)nc4ccccc43)nn12. The van der Waals surface area contributed by atoms with Crippen LogP contribution in [0.25, 0.3) is 27.6 Å². The van der Waals surface area contributed by atoms with Crippen LogP contribution in [0.4, 0.5) is 5.95 Å². The van der Waals surface area contributed by atoms with E-state index in [9.17, 15) is 0 Å². The minimum Gasteiger partial charge on any atom is -0.385 e. The van der Waals surface area contributed by atoms with Gasteiger partial charge in [0.1, 0.15) is 5.82 Å². The molecule has 0 aliphatic heterocycles. The van der Waals surface area contributed by atoms with Crippen molar-refractivity contribution in [3.8, 4) is 0 Å². The molecule has 0 aliphatic rings. The third-order valence-corrected chi connectivity index (χ3v) is 5.44. The van der Waals surface area contributed by atoms with E-state index in [0.29, 0.717) is 19.0 Å². The molecule has 0 spiro atoms. The minimum atomic E-state index is 0.699. The molecule has 5 aromatic rings. The number of para-hydroxylation sites is 3. The maximum atomic E-state index is 5.15. The lowest BCUT2D eigenvalue weighted by molar-refractivity contribution is 0.197. The Hall–Kier alpha value is -3.52. The number of aryl methyl sites for hydroxylation is 3. The molecule has 8 heteroatoms. The quantitative estimate of drug-likeness (QED) is 0.390. The smallest absolute Gasteiger partial charge is 0.226 e. The summed E-state index contributed by atoms with van der Waals surface area (Å²) in [5, 5.41) is 9.16. The molecule has 3 aromatic heterocycles. The number of ether oxygens (including phenoxy) is 1. The molecule has 5 rings (SSSR count). The topological polar surface area (TPSA) is 82.2 Å². The number of hydrogen-bond acceptors (Lipinski definition) is 6. The Morgan fingerprint density at radius 2 is 1.77 bits per heavy atom. The molecule has 0 radical (unpaired) electrons. The van der Waals surface area contributed by atoms with Gasteiger partial charge in [-0.05, 0) is 37.6 Å². The summed E-state index contributed by atoms with van der Waals surface area (Å²) in [5.74, 6) is 2.49. The first kappa shape index (κ1) is 19.4. The minimum absolute atomic E-state index is 0.699. The van der Waals surface area contributed by atoms with Crippen LogP contribution in [0.1, 0.15) is 18.1 Å². The van der Waals surface area contributed by atoms with Gasteiger partial charge in [-0.1, -0.05) is 24.3 Å². The number of nitrogens with one attached hydrogen (secondary N) is 1. The Morgan fingerprint density at radius 3 is 2.65 bits per heavy atom. The number of methoxy groups -OCH3 is 1. The number of fused-ring (bicyclic) bond motifs is 4. The van der Waals surface area contributed by atoms with Gasteiger partial charge in [-0.15, -0.1) is 5.10 Å². The molecule has 2 aromatic carbocycles. The number of anilines is 1. The molecule has 158 valence electrons. The molecule has 0 atom stereocenters. The standard InChI is InChI=1S/C23H25N7O/c1-16-25-19-10-5-6-11-20(19)29(16)14-12-21-27-22-17-8-3-4-9-18(17)26-23(30(22)28-21)24-13-7-15-31-2/h3-6,8-11H,7,12-15H2,1-2H3,(H,24,26). The average Bonchev–Trinajstić information content (AvgIpc) is 3.36. The Kier molecular flexibility index (Phi) is 5.21. The molecule has 0 bridgehead atoms. The van der Waals surface area contributed by atoms with Crippen LogP contribution in [0, 0.1) is 6.92 Å².